The molecule has 2 aliphatic rings. The number of carbonyl (C=O) groups excluding carboxylic acids is 1. The molecule has 2 fully saturated rings. The number of carbonyl (C=O) groups is 1. The minimum Gasteiger partial charge on any atom is -0.495 e. The molecule has 1 aromatic rings. The monoisotopic (exact) mass is 395 g/mol. The Bertz CT molecular complexity index is 771. The predicted octanol–water partition coefficient (Wildman–Crippen LogP) is 1.74. The van der Waals surface area contributed by atoms with Crippen molar-refractivity contribution in [3.8, 4) is 5.75 Å². The molecule has 7 nitrogen and oxygen atoms in total. The zero-order valence-electron chi connectivity index (χ0n) is 16.0. The Balaban J connectivity index is 1.71. The van der Waals surface area contributed by atoms with Gasteiger partial charge in [-0.1, -0.05) is 6.92 Å². The average Bonchev–Trinajstić information content (AvgIpc) is 3.29. The van der Waals surface area contributed by atoms with Gasteiger partial charge in [-0.25, -0.2) is 13.1 Å². The van der Waals surface area contributed by atoms with Crippen molar-refractivity contribution in [2.75, 3.05) is 26.7 Å². The summed E-state index contributed by atoms with van der Waals surface area (Å²) in [7, 11) is -2.28. The highest BCUT2D eigenvalue weighted by molar-refractivity contribution is 7.89. The average molecular weight is 396 g/mol. The quantitative estimate of drug-likeness (QED) is 0.665. The maximum absolute atomic E-state index is 12.6. The van der Waals surface area contributed by atoms with Crippen LogP contribution < -0.4 is 14.8 Å². The summed E-state index contributed by atoms with van der Waals surface area (Å²) in [6.45, 7) is 4.83. The Hall–Kier alpha value is -1.64. The lowest BCUT2D eigenvalue weighted by molar-refractivity contribution is 0.0937. The van der Waals surface area contributed by atoms with Gasteiger partial charge in [0.2, 0.25) is 10.0 Å². The highest BCUT2D eigenvalue weighted by Gasteiger charge is 2.30. The minimum absolute atomic E-state index is 0.0103. The standard InChI is InChI=1S/C19H29N3O4S/c1-3-16(22-10-4-5-11-22)13-20-19(23)14-6-9-17(26-2)18(12-14)27(24,25)21-15-7-8-15/h6,9,12,15-16,21H,3-5,7-8,10-11,13H2,1-2H3,(H,20,23). The summed E-state index contributed by atoms with van der Waals surface area (Å²) in [6, 6.07) is 4.84. The molecule has 8 heteroatoms. The van der Waals surface area contributed by atoms with Gasteiger partial charge in [0.15, 0.2) is 0 Å². The van der Waals surface area contributed by atoms with Crippen molar-refractivity contribution in [2.24, 2.45) is 0 Å². The van der Waals surface area contributed by atoms with Crippen LogP contribution in [0.15, 0.2) is 23.1 Å². The highest BCUT2D eigenvalue weighted by Crippen LogP contribution is 2.28. The molecule has 1 saturated carbocycles. The number of sulfonamides is 1. The van der Waals surface area contributed by atoms with Crippen molar-refractivity contribution in [1.82, 2.24) is 14.9 Å². The summed E-state index contributed by atoms with van der Waals surface area (Å²) in [6.07, 6.45) is 5.07. The minimum atomic E-state index is -3.71. The van der Waals surface area contributed by atoms with Gasteiger partial charge in [0.1, 0.15) is 10.6 Å². The molecular formula is C19H29N3O4S. The molecule has 150 valence electrons. The smallest absolute Gasteiger partial charge is 0.251 e. The lowest BCUT2D eigenvalue weighted by atomic mass is 10.1. The second kappa shape index (κ2) is 8.58. The third-order valence-corrected chi connectivity index (χ3v) is 6.78. The molecule has 1 atom stereocenters. The van der Waals surface area contributed by atoms with Gasteiger partial charge in [0, 0.05) is 24.2 Å². The number of nitrogens with zero attached hydrogens (tertiary/aromatic N) is 1. The summed E-state index contributed by atoms with van der Waals surface area (Å²) in [4.78, 5) is 15.0. The molecule has 0 spiro atoms. The van der Waals surface area contributed by atoms with E-state index in [9.17, 15) is 13.2 Å². The Morgan fingerprint density at radius 3 is 2.59 bits per heavy atom. The fourth-order valence-corrected chi connectivity index (χ4v) is 4.96. The van der Waals surface area contributed by atoms with Crippen LogP contribution in [-0.2, 0) is 10.0 Å². The summed E-state index contributed by atoms with van der Waals surface area (Å²) in [5.41, 5.74) is 0.322. The van der Waals surface area contributed by atoms with Crippen LogP contribution >= 0.6 is 0 Å². The second-order valence-electron chi connectivity index (χ2n) is 7.28. The Kier molecular flexibility index (Phi) is 6.39. The first-order valence-corrected chi connectivity index (χ1v) is 11.2. The van der Waals surface area contributed by atoms with Crippen molar-refractivity contribution in [3.05, 3.63) is 23.8 Å². The van der Waals surface area contributed by atoms with Crippen molar-refractivity contribution in [3.63, 3.8) is 0 Å². The molecule has 1 amide bonds. The Morgan fingerprint density at radius 1 is 1.30 bits per heavy atom. The molecule has 1 aliphatic carbocycles. The van der Waals surface area contributed by atoms with E-state index < -0.39 is 10.0 Å². The van der Waals surface area contributed by atoms with Gasteiger partial charge >= 0.3 is 0 Å². The first kappa shape index (κ1) is 20.1. The lowest BCUT2D eigenvalue weighted by Gasteiger charge is -2.26. The number of methoxy groups -OCH3 is 1. The van der Waals surface area contributed by atoms with Crippen molar-refractivity contribution < 1.29 is 17.9 Å². The van der Waals surface area contributed by atoms with E-state index in [1.807, 2.05) is 0 Å². The molecule has 27 heavy (non-hydrogen) atoms. The summed E-state index contributed by atoms with van der Waals surface area (Å²) in [5, 5.41) is 2.96. The molecule has 0 radical (unpaired) electrons. The van der Waals surface area contributed by atoms with Crippen molar-refractivity contribution >= 4 is 15.9 Å². The number of ether oxygens (including phenoxy) is 1. The van der Waals surface area contributed by atoms with E-state index in [2.05, 4.69) is 21.9 Å². The molecular weight excluding hydrogens is 366 g/mol. The third kappa shape index (κ3) is 5.00. The van der Waals surface area contributed by atoms with Crippen LogP contribution in [-0.4, -0.2) is 58.1 Å². The van der Waals surface area contributed by atoms with E-state index in [1.54, 1.807) is 6.07 Å². The van der Waals surface area contributed by atoms with Gasteiger partial charge in [-0.15, -0.1) is 0 Å². The Labute approximate surface area is 161 Å². The highest BCUT2D eigenvalue weighted by atomic mass is 32.2. The fourth-order valence-electron chi connectivity index (χ4n) is 3.46. The molecule has 0 bridgehead atoms. The van der Waals surface area contributed by atoms with E-state index in [-0.39, 0.29) is 22.6 Å². The van der Waals surface area contributed by atoms with Crippen LogP contribution in [0.5, 0.6) is 5.75 Å². The van der Waals surface area contributed by atoms with E-state index in [0.29, 0.717) is 18.2 Å². The van der Waals surface area contributed by atoms with Gasteiger partial charge in [-0.05, 0) is 63.4 Å². The van der Waals surface area contributed by atoms with E-state index >= 15 is 0 Å². The van der Waals surface area contributed by atoms with E-state index in [0.717, 1.165) is 32.4 Å². The Morgan fingerprint density at radius 2 is 2.00 bits per heavy atom. The van der Waals surface area contributed by atoms with Crippen LogP contribution in [0.4, 0.5) is 0 Å². The summed E-state index contributed by atoms with van der Waals surface area (Å²) >= 11 is 0. The third-order valence-electron chi connectivity index (χ3n) is 5.24. The van der Waals surface area contributed by atoms with Crippen molar-refractivity contribution in [2.45, 2.75) is 56.0 Å². The van der Waals surface area contributed by atoms with Gasteiger partial charge in [-0.2, -0.15) is 0 Å². The van der Waals surface area contributed by atoms with E-state index in [1.165, 1.54) is 32.1 Å². The van der Waals surface area contributed by atoms with E-state index in [4.69, 9.17) is 4.74 Å². The van der Waals surface area contributed by atoms with Crippen LogP contribution in [0.2, 0.25) is 0 Å². The second-order valence-corrected chi connectivity index (χ2v) is 8.96. The number of benzene rings is 1. The first-order valence-electron chi connectivity index (χ1n) is 9.67. The molecule has 1 aliphatic heterocycles. The van der Waals surface area contributed by atoms with Gasteiger partial charge in [0.05, 0.1) is 7.11 Å². The molecule has 1 unspecified atom stereocenters. The SMILES string of the molecule is CCC(CNC(=O)c1ccc(OC)c(S(=O)(=O)NC2CC2)c1)N1CCCC1. The van der Waals surface area contributed by atoms with Gasteiger partial charge in [0.25, 0.3) is 5.91 Å². The predicted molar refractivity (Wildman–Crippen MR) is 104 cm³/mol. The van der Waals surface area contributed by atoms with Crippen LogP contribution in [0.3, 0.4) is 0 Å². The first-order chi connectivity index (χ1) is 12.9. The largest absolute Gasteiger partial charge is 0.495 e. The van der Waals surface area contributed by atoms with Crippen LogP contribution in [0, 0.1) is 0 Å². The van der Waals surface area contributed by atoms with Crippen LogP contribution in [0.25, 0.3) is 0 Å². The van der Waals surface area contributed by atoms with Gasteiger partial charge in [-0.3, -0.25) is 9.69 Å². The molecule has 2 N–H and O–H groups in total. The number of hydrogen-bond donors (Lipinski definition) is 2. The van der Waals surface area contributed by atoms with Crippen molar-refractivity contribution in [1.29, 1.82) is 0 Å². The normalized spacial score (nSPS) is 19.0. The van der Waals surface area contributed by atoms with Gasteiger partial charge < -0.3 is 10.1 Å². The number of nitrogens with one attached hydrogen (secondary N) is 2. The number of amides is 1. The topological polar surface area (TPSA) is 87.7 Å². The molecule has 1 aromatic carbocycles. The number of likely N-dealkylation sites (tertiary alicyclic amines) is 1. The fraction of sp³-hybridized carbons (Fsp3) is 0.632. The number of hydrogen-bond acceptors (Lipinski definition) is 5. The maximum atomic E-state index is 12.6. The summed E-state index contributed by atoms with van der Waals surface area (Å²) < 4.78 is 33.0. The molecule has 1 heterocycles. The summed E-state index contributed by atoms with van der Waals surface area (Å²) in [5.74, 6) is -0.0265. The zero-order valence-corrected chi connectivity index (χ0v) is 16.8. The lowest BCUT2D eigenvalue weighted by Crippen LogP contribution is -2.42. The zero-order chi connectivity index (χ0) is 19.4. The molecule has 3 rings (SSSR count). The van der Waals surface area contributed by atoms with Crippen LogP contribution in [0.1, 0.15) is 49.4 Å². The molecule has 1 saturated heterocycles. The number of rotatable bonds is 9. The maximum Gasteiger partial charge on any atom is 0.251 e. The molecule has 0 aromatic heterocycles.